The second-order valence-electron chi connectivity index (χ2n) is 3.91. The molecule has 1 heteroatoms. The lowest BCUT2D eigenvalue weighted by molar-refractivity contribution is 0.500. The fourth-order valence-electron chi connectivity index (χ4n) is 1.96. The maximum atomic E-state index is 3.89. The predicted molar refractivity (Wildman–Crippen MR) is 68.9 cm³/mol. The summed E-state index contributed by atoms with van der Waals surface area (Å²) in [4.78, 5) is 0. The van der Waals surface area contributed by atoms with Crippen molar-refractivity contribution in [3.8, 4) is 0 Å². The van der Waals surface area contributed by atoms with E-state index >= 15 is 0 Å². The minimum Gasteiger partial charge on any atom is -0.345 e. The van der Waals surface area contributed by atoms with Crippen LogP contribution < -0.4 is 0 Å². The molecule has 0 amide bonds. The Kier molecular flexibility index (Phi) is 4.41. The van der Waals surface area contributed by atoms with E-state index in [1.807, 2.05) is 13.0 Å². The largest absolute Gasteiger partial charge is 0.345 e. The molecular formula is C14H21N. The molecule has 0 aliphatic carbocycles. The third-order valence-corrected chi connectivity index (χ3v) is 2.71. The van der Waals surface area contributed by atoms with Gasteiger partial charge in [0.1, 0.15) is 0 Å². The molecule has 82 valence electrons. The lowest BCUT2D eigenvalue weighted by atomic mass is 10.1. The van der Waals surface area contributed by atoms with Crippen LogP contribution in [0.4, 0.5) is 0 Å². The second-order valence-corrected chi connectivity index (χ2v) is 3.91. The minimum atomic E-state index is 0.557. The average molecular weight is 203 g/mol. The van der Waals surface area contributed by atoms with E-state index in [4.69, 9.17) is 0 Å². The molecule has 0 aliphatic rings. The second kappa shape index (κ2) is 5.59. The topological polar surface area (TPSA) is 4.93 Å². The molecular weight excluding hydrogens is 182 g/mol. The van der Waals surface area contributed by atoms with E-state index in [9.17, 15) is 0 Å². The molecule has 1 aromatic rings. The van der Waals surface area contributed by atoms with Crippen LogP contribution in [0.5, 0.6) is 0 Å². The van der Waals surface area contributed by atoms with Crippen LogP contribution in [0.2, 0.25) is 0 Å². The van der Waals surface area contributed by atoms with Crippen molar-refractivity contribution >= 4 is 12.2 Å². The number of allylic oxidation sites excluding steroid dienone is 1. The highest BCUT2D eigenvalue weighted by Crippen LogP contribution is 2.22. The first-order valence-electron chi connectivity index (χ1n) is 5.70. The first kappa shape index (κ1) is 11.8. The smallest absolute Gasteiger partial charge is 0.0476 e. The SMILES string of the molecule is C=Cc1c(/C=C\C)ccn1C(C)CCC. The molecule has 1 nitrogen and oxygen atoms in total. The minimum absolute atomic E-state index is 0.557. The van der Waals surface area contributed by atoms with Crippen molar-refractivity contribution in [1.29, 1.82) is 0 Å². The van der Waals surface area contributed by atoms with E-state index in [1.54, 1.807) is 0 Å². The number of hydrogen-bond donors (Lipinski definition) is 0. The summed E-state index contributed by atoms with van der Waals surface area (Å²) in [5, 5.41) is 0. The summed E-state index contributed by atoms with van der Waals surface area (Å²) in [6, 6.07) is 2.71. The zero-order chi connectivity index (χ0) is 11.3. The molecule has 1 atom stereocenters. The summed E-state index contributed by atoms with van der Waals surface area (Å²) < 4.78 is 2.31. The average Bonchev–Trinajstić information content (AvgIpc) is 2.62. The van der Waals surface area contributed by atoms with Gasteiger partial charge < -0.3 is 4.57 Å². The molecule has 15 heavy (non-hydrogen) atoms. The summed E-state index contributed by atoms with van der Waals surface area (Å²) in [7, 11) is 0. The maximum absolute atomic E-state index is 3.89. The molecule has 0 spiro atoms. The zero-order valence-electron chi connectivity index (χ0n) is 10.0. The Hall–Kier alpha value is -1.24. The maximum Gasteiger partial charge on any atom is 0.0476 e. The number of nitrogens with zero attached hydrogens (tertiary/aromatic N) is 1. The molecule has 0 aliphatic heterocycles. The summed E-state index contributed by atoms with van der Waals surface area (Å²) in [5.41, 5.74) is 2.49. The lowest BCUT2D eigenvalue weighted by Gasteiger charge is -2.15. The molecule has 1 heterocycles. The molecule has 0 fully saturated rings. The van der Waals surface area contributed by atoms with E-state index in [1.165, 1.54) is 24.1 Å². The quantitative estimate of drug-likeness (QED) is 0.662. The molecule has 1 unspecified atom stereocenters. The summed E-state index contributed by atoms with van der Waals surface area (Å²) in [6.07, 6.45) is 10.7. The van der Waals surface area contributed by atoms with Gasteiger partial charge in [0, 0.05) is 17.9 Å². The van der Waals surface area contributed by atoms with Crippen LogP contribution in [0.15, 0.2) is 24.9 Å². The molecule has 1 rings (SSSR count). The molecule has 0 radical (unpaired) electrons. The van der Waals surface area contributed by atoms with E-state index < -0.39 is 0 Å². The van der Waals surface area contributed by atoms with E-state index in [2.05, 4.69) is 49.4 Å². The Bertz CT molecular complexity index is 344. The molecule has 0 saturated heterocycles. The van der Waals surface area contributed by atoms with E-state index in [0.29, 0.717) is 6.04 Å². The normalized spacial score (nSPS) is 13.3. The van der Waals surface area contributed by atoms with E-state index in [-0.39, 0.29) is 0 Å². The fraction of sp³-hybridized carbons (Fsp3) is 0.429. The van der Waals surface area contributed by atoms with Gasteiger partial charge in [0.2, 0.25) is 0 Å². The fourth-order valence-corrected chi connectivity index (χ4v) is 1.96. The van der Waals surface area contributed by atoms with Crippen LogP contribution in [0.25, 0.3) is 12.2 Å². The van der Waals surface area contributed by atoms with Crippen molar-refractivity contribution in [2.45, 2.75) is 39.7 Å². The molecule has 1 aromatic heterocycles. The summed E-state index contributed by atoms with van der Waals surface area (Å²) in [5.74, 6) is 0. The van der Waals surface area contributed by atoms with Crippen molar-refractivity contribution < 1.29 is 0 Å². The van der Waals surface area contributed by atoms with Gasteiger partial charge in [-0.2, -0.15) is 0 Å². The number of hydrogen-bond acceptors (Lipinski definition) is 0. The highest BCUT2D eigenvalue weighted by Gasteiger charge is 2.08. The Morgan fingerprint density at radius 1 is 1.53 bits per heavy atom. The summed E-state index contributed by atoms with van der Waals surface area (Å²) >= 11 is 0. The molecule has 0 bridgehead atoms. The monoisotopic (exact) mass is 203 g/mol. The van der Waals surface area contributed by atoms with Gasteiger partial charge in [-0.1, -0.05) is 32.1 Å². The third-order valence-electron chi connectivity index (χ3n) is 2.71. The van der Waals surface area contributed by atoms with Gasteiger partial charge in [0.25, 0.3) is 0 Å². The Morgan fingerprint density at radius 2 is 2.27 bits per heavy atom. The van der Waals surface area contributed by atoms with Crippen LogP contribution >= 0.6 is 0 Å². The predicted octanol–water partition coefficient (Wildman–Crippen LogP) is 4.53. The van der Waals surface area contributed by atoms with Gasteiger partial charge >= 0.3 is 0 Å². The lowest BCUT2D eigenvalue weighted by Crippen LogP contribution is -2.05. The van der Waals surface area contributed by atoms with Gasteiger partial charge in [0.15, 0.2) is 0 Å². The number of rotatable bonds is 5. The van der Waals surface area contributed by atoms with Gasteiger partial charge in [0.05, 0.1) is 0 Å². The standard InChI is InChI=1S/C14H21N/c1-5-8-12(4)15-11-10-13(9-6-2)14(15)7-3/h6-7,9-12H,3,5,8H2,1-2,4H3/b9-6-. The highest BCUT2D eigenvalue weighted by molar-refractivity contribution is 5.62. The third kappa shape index (κ3) is 2.62. The van der Waals surface area contributed by atoms with Gasteiger partial charge in [-0.25, -0.2) is 0 Å². The molecule has 0 aromatic carbocycles. The van der Waals surface area contributed by atoms with Gasteiger partial charge in [-0.15, -0.1) is 0 Å². The van der Waals surface area contributed by atoms with Crippen LogP contribution in [0.3, 0.4) is 0 Å². The van der Waals surface area contributed by atoms with Crippen molar-refractivity contribution in [3.63, 3.8) is 0 Å². The summed E-state index contributed by atoms with van der Waals surface area (Å²) in [6.45, 7) is 10.4. The van der Waals surface area contributed by atoms with Crippen LogP contribution in [-0.2, 0) is 0 Å². The van der Waals surface area contributed by atoms with Crippen molar-refractivity contribution in [2.75, 3.05) is 0 Å². The van der Waals surface area contributed by atoms with E-state index in [0.717, 1.165) is 0 Å². The van der Waals surface area contributed by atoms with Crippen molar-refractivity contribution in [1.82, 2.24) is 4.57 Å². The Morgan fingerprint density at radius 3 is 2.80 bits per heavy atom. The van der Waals surface area contributed by atoms with Crippen LogP contribution in [-0.4, -0.2) is 4.57 Å². The zero-order valence-corrected chi connectivity index (χ0v) is 10.0. The van der Waals surface area contributed by atoms with Gasteiger partial charge in [-0.3, -0.25) is 0 Å². The first-order chi connectivity index (χ1) is 7.24. The highest BCUT2D eigenvalue weighted by atomic mass is 15.0. The van der Waals surface area contributed by atoms with Crippen LogP contribution in [0, 0.1) is 0 Å². The molecule has 0 saturated carbocycles. The number of aromatic nitrogens is 1. The Labute approximate surface area is 93.1 Å². The Balaban J connectivity index is 3.03. The van der Waals surface area contributed by atoms with Crippen molar-refractivity contribution in [3.05, 3.63) is 36.2 Å². The first-order valence-corrected chi connectivity index (χ1v) is 5.70. The van der Waals surface area contributed by atoms with Crippen LogP contribution in [0.1, 0.15) is 50.9 Å². The van der Waals surface area contributed by atoms with Gasteiger partial charge in [-0.05, 0) is 38.0 Å². The van der Waals surface area contributed by atoms with Crippen molar-refractivity contribution in [2.24, 2.45) is 0 Å². The molecule has 0 N–H and O–H groups in total.